The molecule has 1 aromatic heterocycles. The standard InChI is InChI=1S/C22H25BrN4O3/c23-17-6-3-7-18(11-17)27-13-16(10-21(27)29)22(30)24-8-9-26-14-25-19(12-20(26)28)15-4-1-2-5-15/h3,6-7,11-12,14-16H,1-2,4-5,8-10,13H2,(H,24,30). The molecule has 7 nitrogen and oxygen atoms in total. The zero-order valence-electron chi connectivity index (χ0n) is 16.7. The molecule has 30 heavy (non-hydrogen) atoms. The molecule has 1 aliphatic carbocycles. The number of halogens is 1. The van der Waals surface area contributed by atoms with Crippen LogP contribution in [-0.4, -0.2) is 34.5 Å². The third kappa shape index (κ3) is 4.64. The lowest BCUT2D eigenvalue weighted by atomic mass is 10.0. The Kier molecular flexibility index (Phi) is 6.32. The van der Waals surface area contributed by atoms with Gasteiger partial charge in [0.25, 0.3) is 5.56 Å². The fraction of sp³-hybridized carbons (Fsp3) is 0.455. The summed E-state index contributed by atoms with van der Waals surface area (Å²) in [5, 5.41) is 2.86. The molecule has 0 radical (unpaired) electrons. The zero-order valence-corrected chi connectivity index (χ0v) is 18.3. The number of nitrogens with one attached hydrogen (secondary N) is 1. The minimum atomic E-state index is -0.393. The lowest BCUT2D eigenvalue weighted by Crippen LogP contribution is -2.36. The van der Waals surface area contributed by atoms with Crippen LogP contribution in [0.25, 0.3) is 0 Å². The number of benzene rings is 1. The summed E-state index contributed by atoms with van der Waals surface area (Å²) in [4.78, 5) is 43.3. The minimum absolute atomic E-state index is 0.0591. The van der Waals surface area contributed by atoms with E-state index in [1.165, 1.54) is 17.4 Å². The molecule has 1 aromatic carbocycles. The van der Waals surface area contributed by atoms with E-state index in [9.17, 15) is 14.4 Å². The van der Waals surface area contributed by atoms with E-state index in [0.29, 0.717) is 25.6 Å². The van der Waals surface area contributed by atoms with E-state index in [1.807, 2.05) is 24.3 Å². The fourth-order valence-corrected chi connectivity index (χ4v) is 4.66. The van der Waals surface area contributed by atoms with Crippen molar-refractivity contribution in [3.05, 3.63) is 57.2 Å². The van der Waals surface area contributed by atoms with Gasteiger partial charge in [-0.25, -0.2) is 4.98 Å². The lowest BCUT2D eigenvalue weighted by molar-refractivity contribution is -0.126. The second-order valence-electron chi connectivity index (χ2n) is 8.00. The van der Waals surface area contributed by atoms with Crippen molar-refractivity contribution >= 4 is 33.4 Å². The van der Waals surface area contributed by atoms with Gasteiger partial charge in [0.2, 0.25) is 11.8 Å². The molecule has 2 heterocycles. The molecule has 0 spiro atoms. The van der Waals surface area contributed by atoms with Gasteiger partial charge in [0.15, 0.2) is 0 Å². The van der Waals surface area contributed by atoms with Gasteiger partial charge in [-0.15, -0.1) is 0 Å². The Morgan fingerprint density at radius 2 is 2.00 bits per heavy atom. The Hall–Kier alpha value is -2.48. The molecule has 2 aliphatic rings. The van der Waals surface area contributed by atoms with Crippen molar-refractivity contribution in [1.82, 2.24) is 14.9 Å². The zero-order chi connectivity index (χ0) is 21.1. The minimum Gasteiger partial charge on any atom is -0.354 e. The number of nitrogens with zero attached hydrogens (tertiary/aromatic N) is 3. The Balaban J connectivity index is 1.30. The first kappa shape index (κ1) is 20.8. The quantitative estimate of drug-likeness (QED) is 0.700. The second kappa shape index (κ2) is 9.12. The lowest BCUT2D eigenvalue weighted by Gasteiger charge is -2.17. The van der Waals surface area contributed by atoms with Crippen LogP contribution in [0.2, 0.25) is 0 Å². The van der Waals surface area contributed by atoms with Crippen molar-refractivity contribution < 1.29 is 9.59 Å². The Labute approximate surface area is 183 Å². The van der Waals surface area contributed by atoms with Crippen molar-refractivity contribution in [2.45, 2.75) is 44.6 Å². The molecule has 2 aromatic rings. The molecule has 8 heteroatoms. The predicted molar refractivity (Wildman–Crippen MR) is 117 cm³/mol. The third-order valence-electron chi connectivity index (χ3n) is 5.94. The van der Waals surface area contributed by atoms with E-state index in [0.717, 1.165) is 28.7 Å². The topological polar surface area (TPSA) is 84.3 Å². The molecule has 2 fully saturated rings. The van der Waals surface area contributed by atoms with Crippen molar-refractivity contribution in [1.29, 1.82) is 0 Å². The highest BCUT2D eigenvalue weighted by atomic mass is 79.9. The van der Waals surface area contributed by atoms with E-state index in [4.69, 9.17) is 0 Å². The van der Waals surface area contributed by atoms with Crippen molar-refractivity contribution in [2.75, 3.05) is 18.0 Å². The molecular formula is C22H25BrN4O3. The molecular weight excluding hydrogens is 448 g/mol. The van der Waals surface area contributed by atoms with Crippen LogP contribution in [0.3, 0.4) is 0 Å². The van der Waals surface area contributed by atoms with Gasteiger partial charge < -0.3 is 10.2 Å². The molecule has 0 bridgehead atoms. The molecule has 4 rings (SSSR count). The van der Waals surface area contributed by atoms with Crippen LogP contribution < -0.4 is 15.8 Å². The summed E-state index contributed by atoms with van der Waals surface area (Å²) in [5.41, 5.74) is 1.58. The first-order valence-electron chi connectivity index (χ1n) is 10.4. The maximum absolute atomic E-state index is 12.5. The number of amides is 2. The van der Waals surface area contributed by atoms with Gasteiger partial charge in [-0.2, -0.15) is 0 Å². The van der Waals surface area contributed by atoms with Crippen LogP contribution in [0.5, 0.6) is 0 Å². The molecule has 1 atom stereocenters. The van der Waals surface area contributed by atoms with Crippen LogP contribution in [0.4, 0.5) is 5.69 Å². The average molecular weight is 473 g/mol. The monoisotopic (exact) mass is 472 g/mol. The summed E-state index contributed by atoms with van der Waals surface area (Å²) in [5.74, 6) is -0.211. The number of hydrogen-bond acceptors (Lipinski definition) is 4. The number of carbonyl (C=O) groups is 2. The number of hydrogen-bond donors (Lipinski definition) is 1. The molecule has 1 N–H and O–H groups in total. The second-order valence-corrected chi connectivity index (χ2v) is 8.92. The average Bonchev–Trinajstić information content (AvgIpc) is 3.39. The smallest absolute Gasteiger partial charge is 0.253 e. The molecule has 1 unspecified atom stereocenters. The van der Waals surface area contributed by atoms with Crippen LogP contribution in [-0.2, 0) is 16.1 Å². The van der Waals surface area contributed by atoms with Crippen LogP contribution in [0.1, 0.15) is 43.7 Å². The first-order chi connectivity index (χ1) is 14.5. The van der Waals surface area contributed by atoms with E-state index in [2.05, 4.69) is 26.2 Å². The van der Waals surface area contributed by atoms with Crippen molar-refractivity contribution in [2.24, 2.45) is 5.92 Å². The highest BCUT2D eigenvalue weighted by Crippen LogP contribution is 2.32. The molecule has 158 valence electrons. The summed E-state index contributed by atoms with van der Waals surface area (Å²) in [7, 11) is 0. The third-order valence-corrected chi connectivity index (χ3v) is 6.43. The van der Waals surface area contributed by atoms with Crippen molar-refractivity contribution in [3.8, 4) is 0 Å². The summed E-state index contributed by atoms with van der Waals surface area (Å²) < 4.78 is 2.41. The van der Waals surface area contributed by atoms with Crippen LogP contribution in [0, 0.1) is 5.92 Å². The van der Waals surface area contributed by atoms with Gasteiger partial charge in [0.05, 0.1) is 17.9 Å². The molecule has 1 saturated heterocycles. The Morgan fingerprint density at radius 3 is 2.73 bits per heavy atom. The van der Waals surface area contributed by atoms with Gasteiger partial charge in [0, 0.05) is 48.2 Å². The van der Waals surface area contributed by atoms with Gasteiger partial charge in [0.1, 0.15) is 0 Å². The number of rotatable bonds is 6. The SMILES string of the molecule is O=C(NCCn1cnc(C2CCCC2)cc1=O)C1CC(=O)N(c2cccc(Br)c2)C1. The predicted octanol–water partition coefficient (Wildman–Crippen LogP) is 2.83. The maximum atomic E-state index is 12.5. The van der Waals surface area contributed by atoms with Gasteiger partial charge >= 0.3 is 0 Å². The maximum Gasteiger partial charge on any atom is 0.253 e. The number of carbonyl (C=O) groups excluding carboxylic acids is 2. The van der Waals surface area contributed by atoms with E-state index in [1.54, 1.807) is 17.3 Å². The normalized spacial score (nSPS) is 19.4. The summed E-state index contributed by atoms with van der Waals surface area (Å²) >= 11 is 3.41. The van der Waals surface area contributed by atoms with E-state index < -0.39 is 5.92 Å². The summed E-state index contributed by atoms with van der Waals surface area (Å²) in [6, 6.07) is 9.11. The van der Waals surface area contributed by atoms with Crippen LogP contribution >= 0.6 is 15.9 Å². The Bertz CT molecular complexity index is 1000. The highest BCUT2D eigenvalue weighted by molar-refractivity contribution is 9.10. The first-order valence-corrected chi connectivity index (χ1v) is 11.2. The Morgan fingerprint density at radius 1 is 1.20 bits per heavy atom. The van der Waals surface area contributed by atoms with Gasteiger partial charge in [-0.3, -0.25) is 19.0 Å². The molecule has 1 saturated carbocycles. The summed E-state index contributed by atoms with van der Waals surface area (Å²) in [6.07, 6.45) is 6.37. The van der Waals surface area contributed by atoms with E-state index in [-0.39, 0.29) is 23.8 Å². The van der Waals surface area contributed by atoms with Gasteiger partial charge in [-0.05, 0) is 31.0 Å². The molecule has 2 amide bonds. The fourth-order valence-electron chi connectivity index (χ4n) is 4.27. The summed E-state index contributed by atoms with van der Waals surface area (Å²) in [6.45, 7) is 1.04. The van der Waals surface area contributed by atoms with E-state index >= 15 is 0 Å². The largest absolute Gasteiger partial charge is 0.354 e. The van der Waals surface area contributed by atoms with Crippen LogP contribution in [0.15, 0.2) is 45.9 Å². The van der Waals surface area contributed by atoms with Gasteiger partial charge in [-0.1, -0.05) is 34.8 Å². The molecule has 1 aliphatic heterocycles. The number of aromatic nitrogens is 2. The highest BCUT2D eigenvalue weighted by Gasteiger charge is 2.35. The number of anilines is 1. The van der Waals surface area contributed by atoms with Crippen molar-refractivity contribution in [3.63, 3.8) is 0 Å².